The van der Waals surface area contributed by atoms with Gasteiger partial charge in [-0.05, 0) is 30.6 Å². The van der Waals surface area contributed by atoms with Gasteiger partial charge in [0.25, 0.3) is 0 Å². The minimum absolute atomic E-state index is 0.000557. The number of nitrogens with zero attached hydrogens (tertiary/aromatic N) is 2. The molecule has 6 heteroatoms. The van der Waals surface area contributed by atoms with Gasteiger partial charge in [0.15, 0.2) is 5.96 Å². The molecular formula is C18H36N4O2. The molecule has 0 radical (unpaired) electrons. The first-order chi connectivity index (χ1) is 11.4. The largest absolute Gasteiger partial charge is 0.383 e. The second kappa shape index (κ2) is 10.5. The minimum atomic E-state index is 0.000557. The highest BCUT2D eigenvalue weighted by atomic mass is 16.5. The Morgan fingerprint density at radius 2 is 1.92 bits per heavy atom. The van der Waals surface area contributed by atoms with E-state index in [0.717, 1.165) is 6.54 Å². The lowest BCUT2D eigenvalue weighted by molar-refractivity contribution is -0.127. The standard InChI is InChI=1S/C18H36N4O2/c1-15(2)12-18(8-6-7-9-18)14-21-17(19-10-11-24-5)20-13-16(23)22(3)4/h15H,6-14H2,1-5H3,(H2,19,20,21). The maximum Gasteiger partial charge on any atom is 0.243 e. The van der Waals surface area contributed by atoms with Crippen LogP contribution in [0.1, 0.15) is 46.0 Å². The maximum absolute atomic E-state index is 11.8. The molecule has 140 valence electrons. The molecule has 0 saturated heterocycles. The lowest BCUT2D eigenvalue weighted by Gasteiger charge is -2.32. The molecule has 1 aliphatic rings. The molecule has 0 unspecified atom stereocenters. The molecule has 0 aromatic heterocycles. The van der Waals surface area contributed by atoms with E-state index >= 15 is 0 Å². The molecule has 0 aromatic carbocycles. The Morgan fingerprint density at radius 3 is 2.46 bits per heavy atom. The number of guanidine groups is 1. The Kier molecular flexibility index (Phi) is 9.11. The number of aliphatic imine (C=N–C) groups is 1. The Hall–Kier alpha value is -1.30. The summed E-state index contributed by atoms with van der Waals surface area (Å²) in [5, 5.41) is 6.73. The van der Waals surface area contributed by atoms with Gasteiger partial charge >= 0.3 is 0 Å². The van der Waals surface area contributed by atoms with Gasteiger partial charge in [-0.15, -0.1) is 0 Å². The third-order valence-corrected chi connectivity index (χ3v) is 4.61. The fourth-order valence-electron chi connectivity index (χ4n) is 3.45. The number of amides is 1. The SMILES string of the molecule is COCCNC(=NCC(=O)N(C)C)NCC1(CC(C)C)CCCC1. The molecule has 0 atom stereocenters. The topological polar surface area (TPSA) is 66.0 Å². The first-order valence-electron chi connectivity index (χ1n) is 9.10. The van der Waals surface area contributed by atoms with Crippen molar-refractivity contribution in [3.05, 3.63) is 0 Å². The van der Waals surface area contributed by atoms with E-state index in [2.05, 4.69) is 29.5 Å². The number of nitrogens with one attached hydrogen (secondary N) is 2. The van der Waals surface area contributed by atoms with Crippen molar-refractivity contribution in [2.24, 2.45) is 16.3 Å². The van der Waals surface area contributed by atoms with Crippen LogP contribution in [0.5, 0.6) is 0 Å². The van der Waals surface area contributed by atoms with Crippen molar-refractivity contribution in [3.63, 3.8) is 0 Å². The highest BCUT2D eigenvalue weighted by Gasteiger charge is 2.34. The molecule has 0 aromatic rings. The van der Waals surface area contributed by atoms with Gasteiger partial charge in [0, 0.05) is 34.3 Å². The number of hydrogen-bond donors (Lipinski definition) is 2. The zero-order valence-corrected chi connectivity index (χ0v) is 16.2. The quantitative estimate of drug-likeness (QED) is 0.382. The first kappa shape index (κ1) is 20.7. The van der Waals surface area contributed by atoms with E-state index in [4.69, 9.17) is 4.74 Å². The van der Waals surface area contributed by atoms with Gasteiger partial charge in [0.05, 0.1) is 6.61 Å². The first-order valence-corrected chi connectivity index (χ1v) is 9.10. The van der Waals surface area contributed by atoms with Crippen LogP contribution in [0.2, 0.25) is 0 Å². The average molecular weight is 341 g/mol. The maximum atomic E-state index is 11.8. The predicted octanol–water partition coefficient (Wildman–Crippen LogP) is 1.86. The monoisotopic (exact) mass is 340 g/mol. The molecule has 1 aliphatic carbocycles. The Labute approximate surface area is 147 Å². The van der Waals surface area contributed by atoms with Crippen LogP contribution < -0.4 is 10.6 Å². The van der Waals surface area contributed by atoms with Crippen LogP contribution >= 0.6 is 0 Å². The van der Waals surface area contributed by atoms with Crippen LogP contribution in [-0.4, -0.2) is 64.2 Å². The summed E-state index contributed by atoms with van der Waals surface area (Å²) in [4.78, 5) is 17.8. The summed E-state index contributed by atoms with van der Waals surface area (Å²) in [5.74, 6) is 1.40. The zero-order chi connectivity index (χ0) is 18.0. The van der Waals surface area contributed by atoms with Crippen molar-refractivity contribution in [2.45, 2.75) is 46.0 Å². The summed E-state index contributed by atoms with van der Waals surface area (Å²) in [7, 11) is 5.18. The molecule has 1 saturated carbocycles. The summed E-state index contributed by atoms with van der Waals surface area (Å²) in [6.07, 6.45) is 6.43. The van der Waals surface area contributed by atoms with E-state index < -0.39 is 0 Å². The number of ether oxygens (including phenoxy) is 1. The summed E-state index contributed by atoms with van der Waals surface area (Å²) < 4.78 is 5.09. The van der Waals surface area contributed by atoms with Crippen molar-refractivity contribution >= 4 is 11.9 Å². The van der Waals surface area contributed by atoms with Crippen LogP contribution in [0, 0.1) is 11.3 Å². The van der Waals surface area contributed by atoms with Gasteiger partial charge in [0.1, 0.15) is 6.54 Å². The van der Waals surface area contributed by atoms with Crippen LogP contribution in [0.4, 0.5) is 0 Å². The average Bonchev–Trinajstić information content (AvgIpc) is 2.97. The Morgan fingerprint density at radius 1 is 1.25 bits per heavy atom. The van der Waals surface area contributed by atoms with Gasteiger partial charge in [-0.2, -0.15) is 0 Å². The van der Waals surface area contributed by atoms with Crippen molar-refractivity contribution in [2.75, 3.05) is 47.4 Å². The van der Waals surface area contributed by atoms with E-state index in [9.17, 15) is 4.79 Å². The molecule has 24 heavy (non-hydrogen) atoms. The van der Waals surface area contributed by atoms with Crippen LogP contribution in [-0.2, 0) is 9.53 Å². The van der Waals surface area contributed by atoms with Crippen molar-refractivity contribution in [3.8, 4) is 0 Å². The lowest BCUT2D eigenvalue weighted by atomic mass is 9.78. The summed E-state index contributed by atoms with van der Waals surface area (Å²) in [6, 6.07) is 0. The fourth-order valence-corrected chi connectivity index (χ4v) is 3.45. The molecule has 0 bridgehead atoms. The van der Waals surface area contributed by atoms with Crippen LogP contribution in [0.3, 0.4) is 0 Å². The molecule has 1 fully saturated rings. The molecule has 6 nitrogen and oxygen atoms in total. The summed E-state index contributed by atoms with van der Waals surface area (Å²) >= 11 is 0. The van der Waals surface area contributed by atoms with E-state index in [1.54, 1.807) is 26.1 Å². The van der Waals surface area contributed by atoms with Crippen molar-refractivity contribution < 1.29 is 9.53 Å². The number of carbonyl (C=O) groups is 1. The summed E-state index contributed by atoms with van der Waals surface area (Å²) in [6.45, 7) is 6.95. The number of hydrogen-bond acceptors (Lipinski definition) is 3. The van der Waals surface area contributed by atoms with Gasteiger partial charge in [0.2, 0.25) is 5.91 Å². The number of rotatable bonds is 9. The van der Waals surface area contributed by atoms with Gasteiger partial charge in [-0.3, -0.25) is 4.79 Å². The Bertz CT molecular complexity index is 402. The molecule has 0 heterocycles. The number of methoxy groups -OCH3 is 1. The van der Waals surface area contributed by atoms with E-state index in [-0.39, 0.29) is 12.5 Å². The van der Waals surface area contributed by atoms with Gasteiger partial charge < -0.3 is 20.3 Å². The van der Waals surface area contributed by atoms with E-state index in [1.807, 2.05) is 0 Å². The van der Waals surface area contributed by atoms with E-state index in [1.165, 1.54) is 32.1 Å². The normalized spacial score (nSPS) is 17.2. The predicted molar refractivity (Wildman–Crippen MR) is 99.2 cm³/mol. The van der Waals surface area contributed by atoms with Crippen molar-refractivity contribution in [1.29, 1.82) is 0 Å². The zero-order valence-electron chi connectivity index (χ0n) is 16.2. The fraction of sp³-hybridized carbons (Fsp3) is 0.889. The molecule has 0 spiro atoms. The van der Waals surface area contributed by atoms with E-state index in [0.29, 0.717) is 30.4 Å². The highest BCUT2D eigenvalue weighted by Crippen LogP contribution is 2.42. The third-order valence-electron chi connectivity index (χ3n) is 4.61. The molecular weight excluding hydrogens is 304 g/mol. The Balaban J connectivity index is 2.64. The molecule has 1 rings (SSSR count). The third kappa shape index (κ3) is 7.51. The summed E-state index contributed by atoms with van der Waals surface area (Å²) in [5.41, 5.74) is 0.365. The van der Waals surface area contributed by atoms with Crippen LogP contribution in [0.15, 0.2) is 4.99 Å². The molecule has 1 amide bonds. The second-order valence-corrected chi connectivity index (χ2v) is 7.53. The van der Waals surface area contributed by atoms with Gasteiger partial charge in [-0.1, -0.05) is 26.7 Å². The van der Waals surface area contributed by atoms with Crippen molar-refractivity contribution in [1.82, 2.24) is 15.5 Å². The smallest absolute Gasteiger partial charge is 0.243 e. The highest BCUT2D eigenvalue weighted by molar-refractivity contribution is 5.84. The number of likely N-dealkylation sites (N-methyl/N-ethyl adjacent to an activating group) is 1. The lowest BCUT2D eigenvalue weighted by Crippen LogP contribution is -2.45. The minimum Gasteiger partial charge on any atom is -0.383 e. The van der Waals surface area contributed by atoms with Crippen LogP contribution in [0.25, 0.3) is 0 Å². The number of carbonyl (C=O) groups excluding carboxylic acids is 1. The van der Waals surface area contributed by atoms with Gasteiger partial charge in [-0.25, -0.2) is 4.99 Å². The second-order valence-electron chi connectivity index (χ2n) is 7.53. The molecule has 2 N–H and O–H groups in total. The molecule has 0 aliphatic heterocycles.